The molecule has 1 N–H and O–H groups in total. The van der Waals surface area contributed by atoms with Crippen LogP contribution in [0, 0.1) is 5.92 Å². The van der Waals surface area contributed by atoms with Gasteiger partial charge in [-0.2, -0.15) is 13.2 Å². The molecule has 1 aromatic rings. The van der Waals surface area contributed by atoms with Crippen molar-refractivity contribution in [3.8, 4) is 0 Å². The zero-order valence-corrected chi connectivity index (χ0v) is 8.83. The van der Waals surface area contributed by atoms with Crippen LogP contribution in [0.4, 0.5) is 13.2 Å². The molecule has 4 nitrogen and oxygen atoms in total. The van der Waals surface area contributed by atoms with Gasteiger partial charge in [0.15, 0.2) is 0 Å². The fraction of sp³-hybridized carbons (Fsp3) is 0.778. The second-order valence-corrected chi connectivity index (χ2v) is 4.00. The van der Waals surface area contributed by atoms with Gasteiger partial charge in [-0.25, -0.2) is 0 Å². The lowest BCUT2D eigenvalue weighted by Crippen LogP contribution is -2.42. The van der Waals surface area contributed by atoms with Crippen LogP contribution >= 0.6 is 0 Å². The van der Waals surface area contributed by atoms with Gasteiger partial charge in [0.1, 0.15) is 0 Å². The van der Waals surface area contributed by atoms with Crippen LogP contribution in [0.15, 0.2) is 6.20 Å². The largest absolute Gasteiger partial charge is 0.393 e. The fourth-order valence-electron chi connectivity index (χ4n) is 2.13. The van der Waals surface area contributed by atoms with E-state index in [1.807, 2.05) is 0 Å². The number of aromatic nitrogens is 3. The second-order valence-electron chi connectivity index (χ2n) is 4.00. The molecule has 1 saturated heterocycles. The first kappa shape index (κ1) is 11.4. The Hall–Kier alpha value is -1.11. The molecule has 0 aromatic carbocycles. The first-order valence-electron chi connectivity index (χ1n) is 5.15. The number of hydrogen-bond acceptors (Lipinski definition) is 3. The Morgan fingerprint density at radius 3 is 2.81 bits per heavy atom. The summed E-state index contributed by atoms with van der Waals surface area (Å²) in [4.78, 5) is 0. The summed E-state index contributed by atoms with van der Waals surface area (Å²) in [7, 11) is 1.60. The van der Waals surface area contributed by atoms with Crippen molar-refractivity contribution in [2.45, 2.75) is 25.1 Å². The second kappa shape index (κ2) is 4.04. The van der Waals surface area contributed by atoms with E-state index < -0.39 is 18.1 Å². The predicted octanol–water partition coefficient (Wildman–Crippen LogP) is 1.42. The summed E-state index contributed by atoms with van der Waals surface area (Å²) in [5, 5.41) is 10.2. The van der Waals surface area contributed by atoms with Crippen molar-refractivity contribution in [1.29, 1.82) is 0 Å². The first-order chi connectivity index (χ1) is 7.50. The van der Waals surface area contributed by atoms with Crippen molar-refractivity contribution in [3.63, 3.8) is 0 Å². The maximum atomic E-state index is 12.8. The number of nitrogens with one attached hydrogen (secondary N) is 1. The number of halogens is 3. The van der Waals surface area contributed by atoms with Gasteiger partial charge < -0.3 is 5.32 Å². The molecule has 0 radical (unpaired) electrons. The normalized spacial score (nSPS) is 27.0. The molecule has 2 rings (SSSR count). The number of piperidine rings is 1. The molecule has 1 aromatic heterocycles. The highest BCUT2D eigenvalue weighted by atomic mass is 19.4. The molecule has 0 saturated carbocycles. The van der Waals surface area contributed by atoms with E-state index in [1.165, 1.54) is 10.9 Å². The third kappa shape index (κ3) is 2.04. The van der Waals surface area contributed by atoms with Crippen molar-refractivity contribution in [2.24, 2.45) is 13.0 Å². The van der Waals surface area contributed by atoms with Crippen LogP contribution in [0.25, 0.3) is 0 Å². The highest BCUT2D eigenvalue weighted by Crippen LogP contribution is 2.40. The van der Waals surface area contributed by atoms with Gasteiger partial charge in [0.25, 0.3) is 0 Å². The Labute approximate surface area is 90.8 Å². The molecule has 1 fully saturated rings. The molecule has 2 atom stereocenters. The average Bonchev–Trinajstić information content (AvgIpc) is 2.63. The molecule has 0 amide bonds. The van der Waals surface area contributed by atoms with Crippen molar-refractivity contribution in [3.05, 3.63) is 11.9 Å². The molecule has 7 heteroatoms. The number of nitrogens with zero attached hydrogens (tertiary/aromatic N) is 3. The molecule has 0 aliphatic carbocycles. The molecule has 0 bridgehead atoms. The summed E-state index contributed by atoms with van der Waals surface area (Å²) < 4.78 is 39.9. The number of rotatable bonds is 1. The smallest absolute Gasteiger partial charge is 0.308 e. The Kier molecular flexibility index (Phi) is 2.88. The third-order valence-corrected chi connectivity index (χ3v) is 2.95. The fourth-order valence-corrected chi connectivity index (χ4v) is 2.13. The zero-order chi connectivity index (χ0) is 11.8. The Bertz CT molecular complexity index is 360. The van der Waals surface area contributed by atoms with Crippen molar-refractivity contribution in [1.82, 2.24) is 20.3 Å². The van der Waals surface area contributed by atoms with E-state index >= 15 is 0 Å². The van der Waals surface area contributed by atoms with Gasteiger partial charge in [-0.15, -0.1) is 5.10 Å². The lowest BCUT2D eigenvalue weighted by atomic mass is 9.88. The third-order valence-electron chi connectivity index (χ3n) is 2.95. The molecule has 0 spiro atoms. The Morgan fingerprint density at radius 1 is 1.50 bits per heavy atom. The van der Waals surface area contributed by atoms with Gasteiger partial charge in [0.05, 0.1) is 23.9 Å². The van der Waals surface area contributed by atoms with Crippen molar-refractivity contribution < 1.29 is 13.2 Å². The van der Waals surface area contributed by atoms with Crippen LogP contribution < -0.4 is 5.32 Å². The van der Waals surface area contributed by atoms with Crippen molar-refractivity contribution >= 4 is 0 Å². The summed E-state index contributed by atoms with van der Waals surface area (Å²) in [6.45, 7) is 0.600. The molecular weight excluding hydrogens is 221 g/mol. The van der Waals surface area contributed by atoms with Crippen LogP contribution in [0.3, 0.4) is 0 Å². The summed E-state index contributed by atoms with van der Waals surface area (Å²) in [6, 6.07) is -0.728. The highest BCUT2D eigenvalue weighted by molar-refractivity contribution is 5.06. The Balaban J connectivity index is 2.27. The molecule has 1 aliphatic heterocycles. The van der Waals surface area contributed by atoms with Crippen LogP contribution in [0.1, 0.15) is 24.6 Å². The lowest BCUT2D eigenvalue weighted by molar-refractivity contribution is -0.189. The topological polar surface area (TPSA) is 42.7 Å². The number of alkyl halides is 3. The van der Waals surface area contributed by atoms with E-state index in [-0.39, 0.29) is 6.42 Å². The standard InChI is InChI=1S/C9H13F3N4/c1-16-7(5-14-15-16)8-6(9(10,11)12)3-2-4-13-8/h5-6,8,13H,2-4H2,1H3. The minimum Gasteiger partial charge on any atom is -0.308 e. The zero-order valence-electron chi connectivity index (χ0n) is 8.83. The molecule has 2 unspecified atom stereocenters. The van der Waals surface area contributed by atoms with Crippen LogP contribution in [-0.2, 0) is 7.05 Å². The van der Waals surface area contributed by atoms with Gasteiger partial charge in [-0.05, 0) is 19.4 Å². The first-order valence-corrected chi connectivity index (χ1v) is 5.15. The van der Waals surface area contributed by atoms with Crippen LogP contribution in [-0.4, -0.2) is 27.7 Å². The average molecular weight is 234 g/mol. The summed E-state index contributed by atoms with van der Waals surface area (Å²) >= 11 is 0. The van der Waals surface area contributed by atoms with Gasteiger partial charge in [-0.1, -0.05) is 5.21 Å². The summed E-state index contributed by atoms with van der Waals surface area (Å²) in [5.41, 5.74) is 0.488. The highest BCUT2D eigenvalue weighted by Gasteiger charge is 2.46. The maximum Gasteiger partial charge on any atom is 0.393 e. The van der Waals surface area contributed by atoms with E-state index in [1.54, 1.807) is 7.05 Å². The SMILES string of the molecule is Cn1nncc1C1NCCCC1C(F)(F)F. The van der Waals surface area contributed by atoms with E-state index in [0.29, 0.717) is 18.7 Å². The summed E-state index contributed by atoms with van der Waals surface area (Å²) in [5.74, 6) is -1.35. The molecular formula is C9H13F3N4. The molecule has 2 heterocycles. The van der Waals surface area contributed by atoms with Gasteiger partial charge in [0.2, 0.25) is 0 Å². The number of hydrogen-bond donors (Lipinski definition) is 1. The Morgan fingerprint density at radius 2 is 2.25 bits per heavy atom. The molecule has 16 heavy (non-hydrogen) atoms. The number of aryl methyl sites for hydroxylation is 1. The van der Waals surface area contributed by atoms with E-state index in [2.05, 4.69) is 15.6 Å². The minimum atomic E-state index is -4.18. The van der Waals surface area contributed by atoms with E-state index in [4.69, 9.17) is 0 Å². The van der Waals surface area contributed by atoms with E-state index in [9.17, 15) is 13.2 Å². The predicted molar refractivity (Wildman–Crippen MR) is 50.5 cm³/mol. The lowest BCUT2D eigenvalue weighted by Gasteiger charge is -2.33. The molecule has 1 aliphatic rings. The van der Waals surface area contributed by atoms with Crippen LogP contribution in [0.5, 0.6) is 0 Å². The summed E-state index contributed by atoms with van der Waals surface area (Å²) in [6.07, 6.45) is -2.08. The van der Waals surface area contributed by atoms with Gasteiger partial charge in [0, 0.05) is 7.05 Å². The van der Waals surface area contributed by atoms with Gasteiger partial charge >= 0.3 is 6.18 Å². The van der Waals surface area contributed by atoms with E-state index in [0.717, 1.165) is 0 Å². The van der Waals surface area contributed by atoms with Crippen LogP contribution in [0.2, 0.25) is 0 Å². The maximum absolute atomic E-state index is 12.8. The van der Waals surface area contributed by atoms with Crippen molar-refractivity contribution in [2.75, 3.05) is 6.54 Å². The quantitative estimate of drug-likeness (QED) is 0.799. The molecule has 90 valence electrons. The monoisotopic (exact) mass is 234 g/mol. The van der Waals surface area contributed by atoms with Gasteiger partial charge in [-0.3, -0.25) is 4.68 Å². The minimum absolute atomic E-state index is 0.159.